The van der Waals surface area contributed by atoms with E-state index in [1.165, 1.54) is 11.8 Å². The molecule has 0 saturated heterocycles. The SMILES string of the molecule is COc1ccc(CNc2cnc(C(=O)N3CCCc4ccccc43)cn2)cc1. The maximum absolute atomic E-state index is 12.9. The smallest absolute Gasteiger partial charge is 0.278 e. The number of aryl methyl sites for hydroxylation is 1. The van der Waals surface area contributed by atoms with Crippen LogP contribution in [0.5, 0.6) is 5.75 Å². The molecule has 1 aliphatic rings. The number of benzene rings is 2. The summed E-state index contributed by atoms with van der Waals surface area (Å²) < 4.78 is 5.16. The van der Waals surface area contributed by atoms with Gasteiger partial charge in [0.25, 0.3) is 5.91 Å². The largest absolute Gasteiger partial charge is 0.497 e. The van der Waals surface area contributed by atoms with E-state index in [9.17, 15) is 4.79 Å². The van der Waals surface area contributed by atoms with Crippen molar-refractivity contribution >= 4 is 17.4 Å². The molecular formula is C22H22N4O2. The Morgan fingerprint density at radius 2 is 1.93 bits per heavy atom. The molecule has 1 aromatic heterocycles. The normalized spacial score (nSPS) is 13.0. The summed E-state index contributed by atoms with van der Waals surface area (Å²) in [7, 11) is 1.65. The molecule has 0 radical (unpaired) electrons. The van der Waals surface area contributed by atoms with E-state index < -0.39 is 0 Å². The molecule has 0 fully saturated rings. The minimum Gasteiger partial charge on any atom is -0.497 e. The van der Waals surface area contributed by atoms with Crippen molar-refractivity contribution in [3.8, 4) is 5.75 Å². The predicted molar refractivity (Wildman–Crippen MR) is 109 cm³/mol. The lowest BCUT2D eigenvalue weighted by atomic mass is 10.0. The molecular weight excluding hydrogens is 352 g/mol. The number of nitrogens with one attached hydrogen (secondary N) is 1. The van der Waals surface area contributed by atoms with Gasteiger partial charge >= 0.3 is 0 Å². The van der Waals surface area contributed by atoms with Gasteiger partial charge in [-0.1, -0.05) is 30.3 Å². The molecule has 2 aromatic carbocycles. The van der Waals surface area contributed by atoms with Crippen molar-refractivity contribution in [2.75, 3.05) is 23.9 Å². The van der Waals surface area contributed by atoms with Crippen molar-refractivity contribution in [2.45, 2.75) is 19.4 Å². The van der Waals surface area contributed by atoms with Crippen LogP contribution < -0.4 is 15.0 Å². The van der Waals surface area contributed by atoms with E-state index in [1.807, 2.05) is 42.5 Å². The fourth-order valence-corrected chi connectivity index (χ4v) is 3.35. The van der Waals surface area contributed by atoms with Gasteiger partial charge in [0.15, 0.2) is 0 Å². The molecule has 0 spiro atoms. The van der Waals surface area contributed by atoms with Gasteiger partial charge in [0.05, 0.1) is 19.5 Å². The first kappa shape index (κ1) is 18.0. The highest BCUT2D eigenvalue weighted by molar-refractivity contribution is 6.05. The number of aromatic nitrogens is 2. The highest BCUT2D eigenvalue weighted by Gasteiger charge is 2.24. The second-order valence-corrected chi connectivity index (χ2v) is 6.68. The number of methoxy groups -OCH3 is 1. The Labute approximate surface area is 164 Å². The standard InChI is InChI=1S/C22H22N4O2/c1-28-18-10-8-16(9-11-18)13-24-21-15-23-19(14-25-21)22(27)26-12-4-6-17-5-2-3-7-20(17)26/h2-3,5,7-11,14-15H,4,6,12-13H2,1H3,(H,24,25). The van der Waals surface area contributed by atoms with E-state index in [1.54, 1.807) is 18.2 Å². The van der Waals surface area contributed by atoms with Crippen molar-refractivity contribution in [3.63, 3.8) is 0 Å². The lowest BCUT2D eigenvalue weighted by molar-refractivity contribution is 0.0980. The van der Waals surface area contributed by atoms with E-state index in [0.717, 1.165) is 29.8 Å². The van der Waals surface area contributed by atoms with Crippen molar-refractivity contribution in [3.05, 3.63) is 77.7 Å². The summed E-state index contributed by atoms with van der Waals surface area (Å²) in [5.74, 6) is 1.35. The third-order valence-corrected chi connectivity index (χ3v) is 4.86. The van der Waals surface area contributed by atoms with Gasteiger partial charge in [0, 0.05) is 18.8 Å². The molecule has 0 bridgehead atoms. The van der Waals surface area contributed by atoms with Crippen LogP contribution in [0.15, 0.2) is 60.9 Å². The fourth-order valence-electron chi connectivity index (χ4n) is 3.35. The van der Waals surface area contributed by atoms with Crippen LogP contribution in [0.1, 0.15) is 28.0 Å². The summed E-state index contributed by atoms with van der Waals surface area (Å²) >= 11 is 0. The first-order valence-corrected chi connectivity index (χ1v) is 9.33. The quantitative estimate of drug-likeness (QED) is 0.738. The number of para-hydroxylation sites is 1. The zero-order valence-corrected chi connectivity index (χ0v) is 15.8. The lowest BCUT2D eigenvalue weighted by Crippen LogP contribution is -2.36. The van der Waals surface area contributed by atoms with Gasteiger partial charge < -0.3 is 15.0 Å². The maximum Gasteiger partial charge on any atom is 0.278 e. The van der Waals surface area contributed by atoms with Crippen molar-refractivity contribution in [1.29, 1.82) is 0 Å². The van der Waals surface area contributed by atoms with Crippen LogP contribution in [-0.2, 0) is 13.0 Å². The lowest BCUT2D eigenvalue weighted by Gasteiger charge is -2.29. The van der Waals surface area contributed by atoms with Crippen molar-refractivity contribution < 1.29 is 9.53 Å². The average molecular weight is 374 g/mol. The van der Waals surface area contributed by atoms with E-state index in [0.29, 0.717) is 24.6 Å². The summed E-state index contributed by atoms with van der Waals surface area (Å²) in [5, 5.41) is 3.22. The van der Waals surface area contributed by atoms with Gasteiger partial charge in [-0.15, -0.1) is 0 Å². The fraction of sp³-hybridized carbons (Fsp3) is 0.227. The van der Waals surface area contributed by atoms with E-state index in [4.69, 9.17) is 4.74 Å². The van der Waals surface area contributed by atoms with E-state index >= 15 is 0 Å². The summed E-state index contributed by atoms with van der Waals surface area (Å²) in [4.78, 5) is 23.4. The van der Waals surface area contributed by atoms with Crippen LogP contribution in [0, 0.1) is 0 Å². The molecule has 3 aromatic rings. The molecule has 6 heteroatoms. The molecule has 6 nitrogen and oxygen atoms in total. The first-order valence-electron chi connectivity index (χ1n) is 9.33. The number of fused-ring (bicyclic) bond motifs is 1. The number of hydrogen-bond acceptors (Lipinski definition) is 5. The summed E-state index contributed by atoms with van der Waals surface area (Å²) in [5.41, 5.74) is 3.63. The monoisotopic (exact) mass is 374 g/mol. The Bertz CT molecular complexity index is 955. The van der Waals surface area contributed by atoms with Gasteiger partial charge in [-0.05, 0) is 42.2 Å². The zero-order valence-electron chi connectivity index (χ0n) is 15.8. The van der Waals surface area contributed by atoms with Crippen LogP contribution in [0.4, 0.5) is 11.5 Å². The second kappa shape index (κ2) is 8.08. The Kier molecular flexibility index (Phi) is 5.19. The minimum atomic E-state index is -0.110. The number of hydrogen-bond donors (Lipinski definition) is 1. The third kappa shape index (κ3) is 3.81. The van der Waals surface area contributed by atoms with Crippen molar-refractivity contribution in [1.82, 2.24) is 9.97 Å². The Hall–Kier alpha value is -3.41. The van der Waals surface area contributed by atoms with Gasteiger partial charge in [-0.2, -0.15) is 0 Å². The van der Waals surface area contributed by atoms with Crippen LogP contribution in [0.2, 0.25) is 0 Å². The van der Waals surface area contributed by atoms with Crippen LogP contribution in [0.25, 0.3) is 0 Å². The number of nitrogens with zero attached hydrogens (tertiary/aromatic N) is 3. The highest BCUT2D eigenvalue weighted by atomic mass is 16.5. The molecule has 28 heavy (non-hydrogen) atoms. The maximum atomic E-state index is 12.9. The van der Waals surface area contributed by atoms with E-state index in [-0.39, 0.29) is 5.91 Å². The minimum absolute atomic E-state index is 0.110. The Morgan fingerprint density at radius 1 is 1.11 bits per heavy atom. The van der Waals surface area contributed by atoms with Gasteiger partial charge in [-0.3, -0.25) is 4.79 Å². The van der Waals surface area contributed by atoms with Crippen LogP contribution >= 0.6 is 0 Å². The predicted octanol–water partition coefficient (Wildman–Crippen LogP) is 3.69. The molecule has 0 atom stereocenters. The van der Waals surface area contributed by atoms with E-state index in [2.05, 4.69) is 21.4 Å². The number of carbonyl (C=O) groups is 1. The Balaban J connectivity index is 1.42. The number of ether oxygens (including phenoxy) is 1. The number of amides is 1. The third-order valence-electron chi connectivity index (χ3n) is 4.86. The molecule has 4 rings (SSSR count). The molecule has 0 aliphatic carbocycles. The molecule has 0 unspecified atom stereocenters. The molecule has 142 valence electrons. The van der Waals surface area contributed by atoms with Gasteiger partial charge in [0.2, 0.25) is 0 Å². The molecule has 1 N–H and O–H groups in total. The van der Waals surface area contributed by atoms with Gasteiger partial charge in [0.1, 0.15) is 17.3 Å². The number of anilines is 2. The molecule has 2 heterocycles. The second-order valence-electron chi connectivity index (χ2n) is 6.68. The number of rotatable bonds is 5. The average Bonchev–Trinajstić information content (AvgIpc) is 2.77. The van der Waals surface area contributed by atoms with Gasteiger partial charge in [-0.25, -0.2) is 9.97 Å². The van der Waals surface area contributed by atoms with Crippen LogP contribution in [0.3, 0.4) is 0 Å². The summed E-state index contributed by atoms with van der Waals surface area (Å²) in [6, 6.07) is 15.9. The topological polar surface area (TPSA) is 67.3 Å². The molecule has 0 saturated carbocycles. The highest BCUT2D eigenvalue weighted by Crippen LogP contribution is 2.27. The Morgan fingerprint density at radius 3 is 2.68 bits per heavy atom. The number of carbonyl (C=O) groups excluding carboxylic acids is 1. The summed E-state index contributed by atoms with van der Waals surface area (Å²) in [6.45, 7) is 1.32. The summed E-state index contributed by atoms with van der Waals surface area (Å²) in [6.07, 6.45) is 5.10. The first-order chi connectivity index (χ1) is 13.7. The van der Waals surface area contributed by atoms with Crippen molar-refractivity contribution in [2.24, 2.45) is 0 Å². The molecule has 1 amide bonds. The van der Waals surface area contributed by atoms with Crippen LogP contribution in [-0.4, -0.2) is 29.5 Å². The molecule has 1 aliphatic heterocycles. The zero-order chi connectivity index (χ0) is 19.3.